The van der Waals surface area contributed by atoms with Gasteiger partial charge in [0.2, 0.25) is 0 Å². The number of amides is 1. The number of aliphatic hydroxyl groups excluding tert-OH is 1. The molecule has 1 aromatic rings. The number of piperidine rings is 1. The Labute approximate surface area is 130 Å². The zero-order chi connectivity index (χ0) is 15.2. The van der Waals surface area contributed by atoms with E-state index >= 15 is 0 Å². The lowest BCUT2D eigenvalue weighted by Gasteiger charge is -2.31. The third-order valence-electron chi connectivity index (χ3n) is 3.79. The van der Waals surface area contributed by atoms with E-state index in [0.717, 1.165) is 19.3 Å². The fourth-order valence-corrected chi connectivity index (χ4v) is 2.67. The smallest absolute Gasteiger partial charge is 0.257 e. The van der Waals surface area contributed by atoms with Crippen molar-refractivity contribution < 1.29 is 14.6 Å². The van der Waals surface area contributed by atoms with Crippen molar-refractivity contribution in [2.45, 2.75) is 26.2 Å². The van der Waals surface area contributed by atoms with Crippen LogP contribution in [0.2, 0.25) is 5.02 Å². The van der Waals surface area contributed by atoms with Gasteiger partial charge in [-0.05, 0) is 43.4 Å². The molecule has 1 aliphatic rings. The van der Waals surface area contributed by atoms with Gasteiger partial charge in [-0.1, -0.05) is 18.5 Å². The van der Waals surface area contributed by atoms with Gasteiger partial charge in [-0.15, -0.1) is 0 Å². The van der Waals surface area contributed by atoms with Gasteiger partial charge in [0.15, 0.2) is 0 Å². The Morgan fingerprint density at radius 1 is 1.43 bits per heavy atom. The number of carbonyl (C=O) groups excluding carboxylic acids is 1. The summed E-state index contributed by atoms with van der Waals surface area (Å²) in [7, 11) is 0. The Morgan fingerprint density at radius 3 is 2.76 bits per heavy atom. The summed E-state index contributed by atoms with van der Waals surface area (Å²) >= 11 is 6.02. The fraction of sp³-hybridized carbons (Fsp3) is 0.562. The van der Waals surface area contributed by atoms with E-state index in [1.165, 1.54) is 0 Å². The minimum Gasteiger partial charge on any atom is -0.493 e. The van der Waals surface area contributed by atoms with Gasteiger partial charge in [-0.25, -0.2) is 0 Å². The Kier molecular flexibility index (Phi) is 5.88. The predicted molar refractivity (Wildman–Crippen MR) is 83.0 cm³/mol. The summed E-state index contributed by atoms with van der Waals surface area (Å²) in [5.41, 5.74) is 0.526. The summed E-state index contributed by atoms with van der Waals surface area (Å²) in [6, 6.07) is 5.17. The van der Waals surface area contributed by atoms with Gasteiger partial charge < -0.3 is 14.7 Å². The van der Waals surface area contributed by atoms with Crippen molar-refractivity contribution in [1.82, 2.24) is 4.90 Å². The van der Waals surface area contributed by atoms with Crippen LogP contribution in [0, 0.1) is 5.92 Å². The molecule has 1 aromatic carbocycles. The minimum atomic E-state index is -0.0417. The number of halogens is 1. The van der Waals surface area contributed by atoms with Crippen molar-refractivity contribution in [3.8, 4) is 5.75 Å². The first-order valence-corrected chi connectivity index (χ1v) is 7.86. The molecule has 116 valence electrons. The van der Waals surface area contributed by atoms with E-state index in [-0.39, 0.29) is 12.5 Å². The average Bonchev–Trinajstić information content (AvgIpc) is 2.53. The highest BCUT2D eigenvalue weighted by molar-refractivity contribution is 6.31. The molecule has 0 aromatic heterocycles. The second-order valence-corrected chi connectivity index (χ2v) is 5.84. The second-order valence-electron chi connectivity index (χ2n) is 5.41. The number of ether oxygens (including phenoxy) is 1. The molecule has 1 fully saturated rings. The number of rotatable bonds is 5. The van der Waals surface area contributed by atoms with Crippen LogP contribution in [-0.2, 0) is 0 Å². The summed E-state index contributed by atoms with van der Waals surface area (Å²) in [5.74, 6) is 0.861. The normalized spacial score (nSPS) is 16.0. The average molecular weight is 312 g/mol. The molecule has 1 aliphatic heterocycles. The van der Waals surface area contributed by atoms with E-state index in [4.69, 9.17) is 21.4 Å². The van der Waals surface area contributed by atoms with E-state index < -0.39 is 0 Å². The Bertz CT molecular complexity index is 484. The first kappa shape index (κ1) is 16.1. The van der Waals surface area contributed by atoms with Gasteiger partial charge in [-0.3, -0.25) is 4.79 Å². The number of aliphatic hydroxyl groups is 1. The summed E-state index contributed by atoms with van der Waals surface area (Å²) in [4.78, 5) is 14.5. The first-order chi connectivity index (χ1) is 10.2. The highest BCUT2D eigenvalue weighted by Crippen LogP contribution is 2.26. The van der Waals surface area contributed by atoms with Crippen LogP contribution < -0.4 is 4.74 Å². The van der Waals surface area contributed by atoms with Crippen molar-refractivity contribution in [3.05, 3.63) is 28.8 Å². The van der Waals surface area contributed by atoms with Crippen molar-refractivity contribution in [1.29, 1.82) is 0 Å². The molecule has 0 atom stereocenters. The van der Waals surface area contributed by atoms with Crippen LogP contribution in [-0.4, -0.2) is 42.2 Å². The third-order valence-corrected chi connectivity index (χ3v) is 4.03. The lowest BCUT2D eigenvalue weighted by molar-refractivity contribution is 0.0646. The Balaban J connectivity index is 2.12. The van der Waals surface area contributed by atoms with Crippen molar-refractivity contribution >= 4 is 17.5 Å². The van der Waals surface area contributed by atoms with Crippen LogP contribution in [0.25, 0.3) is 0 Å². The molecule has 1 heterocycles. The quantitative estimate of drug-likeness (QED) is 0.909. The number of likely N-dealkylation sites (tertiary alicyclic amines) is 1. The molecule has 0 radical (unpaired) electrons. The molecule has 1 saturated heterocycles. The van der Waals surface area contributed by atoms with Crippen LogP contribution in [0.4, 0.5) is 0 Å². The zero-order valence-corrected chi connectivity index (χ0v) is 13.1. The summed E-state index contributed by atoms with van der Waals surface area (Å²) in [5, 5.41) is 9.70. The Hall–Kier alpha value is -1.26. The molecule has 0 bridgehead atoms. The molecule has 0 spiro atoms. The van der Waals surface area contributed by atoms with Crippen LogP contribution in [0.1, 0.15) is 36.5 Å². The van der Waals surface area contributed by atoms with Gasteiger partial charge in [0.1, 0.15) is 5.75 Å². The summed E-state index contributed by atoms with van der Waals surface area (Å²) in [6.07, 6.45) is 2.57. The summed E-state index contributed by atoms with van der Waals surface area (Å²) < 4.78 is 5.65. The largest absolute Gasteiger partial charge is 0.493 e. The highest BCUT2D eigenvalue weighted by Gasteiger charge is 2.25. The number of nitrogens with zero attached hydrogens (tertiary/aromatic N) is 1. The SMILES string of the molecule is CCCOc1ccc(Cl)cc1C(=O)N1CCC(CO)CC1. The monoisotopic (exact) mass is 311 g/mol. The van der Waals surface area contributed by atoms with Crippen LogP contribution >= 0.6 is 11.6 Å². The molecule has 0 saturated carbocycles. The number of hydrogen-bond acceptors (Lipinski definition) is 3. The predicted octanol–water partition coefficient (Wildman–Crippen LogP) is 2.97. The van der Waals surface area contributed by atoms with E-state index in [0.29, 0.717) is 41.9 Å². The number of benzene rings is 1. The molecule has 1 amide bonds. The van der Waals surface area contributed by atoms with Crippen LogP contribution in [0.5, 0.6) is 5.75 Å². The van der Waals surface area contributed by atoms with Gasteiger partial charge in [0.25, 0.3) is 5.91 Å². The van der Waals surface area contributed by atoms with E-state index in [1.807, 2.05) is 11.8 Å². The van der Waals surface area contributed by atoms with Gasteiger partial charge in [0, 0.05) is 24.7 Å². The topological polar surface area (TPSA) is 49.8 Å². The maximum atomic E-state index is 12.7. The molecule has 0 unspecified atom stereocenters. The molecular weight excluding hydrogens is 290 g/mol. The lowest BCUT2D eigenvalue weighted by Crippen LogP contribution is -2.39. The van der Waals surface area contributed by atoms with Gasteiger partial charge in [-0.2, -0.15) is 0 Å². The second kappa shape index (κ2) is 7.66. The minimum absolute atomic E-state index is 0.0417. The van der Waals surface area contributed by atoms with Crippen LogP contribution in [0.3, 0.4) is 0 Å². The van der Waals surface area contributed by atoms with Crippen molar-refractivity contribution in [3.63, 3.8) is 0 Å². The van der Waals surface area contributed by atoms with E-state index in [2.05, 4.69) is 0 Å². The molecule has 4 nitrogen and oxygen atoms in total. The van der Waals surface area contributed by atoms with Gasteiger partial charge >= 0.3 is 0 Å². The standard InChI is InChI=1S/C16H22ClNO3/c1-2-9-21-15-4-3-13(17)10-14(15)16(20)18-7-5-12(11-19)6-8-18/h3-4,10,12,19H,2,5-9,11H2,1H3. The van der Waals surface area contributed by atoms with E-state index in [9.17, 15) is 4.79 Å². The number of hydrogen-bond donors (Lipinski definition) is 1. The molecule has 2 rings (SSSR count). The van der Waals surface area contributed by atoms with E-state index in [1.54, 1.807) is 18.2 Å². The molecular formula is C16H22ClNO3. The third kappa shape index (κ3) is 4.11. The highest BCUT2D eigenvalue weighted by atomic mass is 35.5. The first-order valence-electron chi connectivity index (χ1n) is 7.48. The van der Waals surface area contributed by atoms with Gasteiger partial charge in [0.05, 0.1) is 12.2 Å². The molecule has 0 aliphatic carbocycles. The fourth-order valence-electron chi connectivity index (χ4n) is 2.50. The Morgan fingerprint density at radius 2 is 2.14 bits per heavy atom. The zero-order valence-electron chi connectivity index (χ0n) is 12.3. The van der Waals surface area contributed by atoms with Crippen molar-refractivity contribution in [2.24, 2.45) is 5.92 Å². The maximum absolute atomic E-state index is 12.7. The summed E-state index contributed by atoms with van der Waals surface area (Å²) in [6.45, 7) is 4.14. The van der Waals surface area contributed by atoms with Crippen LogP contribution in [0.15, 0.2) is 18.2 Å². The number of carbonyl (C=O) groups is 1. The molecule has 21 heavy (non-hydrogen) atoms. The van der Waals surface area contributed by atoms with Crippen molar-refractivity contribution in [2.75, 3.05) is 26.3 Å². The molecule has 1 N–H and O–H groups in total. The molecule has 5 heteroatoms. The lowest BCUT2D eigenvalue weighted by atomic mass is 9.97. The maximum Gasteiger partial charge on any atom is 0.257 e.